The highest BCUT2D eigenvalue weighted by atomic mass is 19.4. The molecular formula is C9H7F5N2O2. The van der Waals surface area contributed by atoms with Gasteiger partial charge in [0.05, 0.1) is 11.3 Å². The summed E-state index contributed by atoms with van der Waals surface area (Å²) in [6.45, 7) is -0.537. The van der Waals surface area contributed by atoms with Crippen LogP contribution in [0.5, 0.6) is 5.75 Å². The predicted molar refractivity (Wildman–Crippen MR) is 49.2 cm³/mol. The fourth-order valence-corrected chi connectivity index (χ4v) is 1.26. The van der Waals surface area contributed by atoms with Crippen LogP contribution in [0.1, 0.15) is 28.0 Å². The summed E-state index contributed by atoms with van der Waals surface area (Å²) in [4.78, 5) is 13.9. The van der Waals surface area contributed by atoms with Crippen LogP contribution in [0.3, 0.4) is 0 Å². The second-order valence-electron chi connectivity index (χ2n) is 3.07. The van der Waals surface area contributed by atoms with Crippen LogP contribution in [0.4, 0.5) is 22.0 Å². The van der Waals surface area contributed by atoms with Gasteiger partial charge in [-0.1, -0.05) is 0 Å². The first kappa shape index (κ1) is 14.3. The Morgan fingerprint density at radius 3 is 2.44 bits per heavy atom. The Bertz CT molecular complexity index is 447. The average molecular weight is 270 g/mol. The zero-order valence-electron chi connectivity index (χ0n) is 8.67. The maximum Gasteiger partial charge on any atom is 0.573 e. The molecule has 0 saturated heterocycles. The van der Waals surface area contributed by atoms with E-state index in [0.29, 0.717) is 0 Å². The van der Waals surface area contributed by atoms with Crippen LogP contribution in [0.2, 0.25) is 0 Å². The van der Waals surface area contributed by atoms with Gasteiger partial charge in [-0.3, -0.25) is 9.78 Å². The first-order chi connectivity index (χ1) is 8.30. The van der Waals surface area contributed by atoms with Crippen LogP contribution in [0.15, 0.2) is 6.20 Å². The molecule has 0 saturated carbocycles. The minimum Gasteiger partial charge on any atom is -0.403 e. The van der Waals surface area contributed by atoms with Gasteiger partial charge in [0, 0.05) is 18.3 Å². The molecule has 0 amide bonds. The first-order valence-corrected chi connectivity index (χ1v) is 4.51. The molecule has 0 radical (unpaired) electrons. The largest absolute Gasteiger partial charge is 0.573 e. The SMILES string of the molecule is NCc1ncc(C=O)c(C(F)F)c1OC(F)(F)F. The van der Waals surface area contributed by atoms with Gasteiger partial charge in [0.2, 0.25) is 0 Å². The number of ether oxygens (including phenoxy) is 1. The van der Waals surface area contributed by atoms with E-state index in [1.807, 2.05) is 0 Å². The predicted octanol–water partition coefficient (Wildman–Crippen LogP) is 2.19. The maximum absolute atomic E-state index is 12.7. The van der Waals surface area contributed by atoms with Crippen molar-refractivity contribution in [3.8, 4) is 5.75 Å². The smallest absolute Gasteiger partial charge is 0.403 e. The molecule has 0 atom stereocenters. The van der Waals surface area contributed by atoms with Crippen LogP contribution in [-0.4, -0.2) is 17.6 Å². The van der Waals surface area contributed by atoms with Gasteiger partial charge in [-0.05, 0) is 0 Å². The lowest BCUT2D eigenvalue weighted by Gasteiger charge is -2.16. The van der Waals surface area contributed by atoms with E-state index in [-0.39, 0.29) is 6.29 Å². The molecule has 0 aliphatic rings. The van der Waals surface area contributed by atoms with Crippen molar-refractivity contribution in [2.75, 3.05) is 0 Å². The van der Waals surface area contributed by atoms with E-state index < -0.39 is 41.9 Å². The van der Waals surface area contributed by atoms with Gasteiger partial charge in [-0.25, -0.2) is 8.78 Å². The van der Waals surface area contributed by atoms with Crippen molar-refractivity contribution in [3.05, 3.63) is 23.0 Å². The van der Waals surface area contributed by atoms with E-state index in [2.05, 4.69) is 9.72 Å². The third-order valence-corrected chi connectivity index (χ3v) is 1.93. The highest BCUT2D eigenvalue weighted by Crippen LogP contribution is 2.36. The van der Waals surface area contributed by atoms with Crippen LogP contribution in [0, 0.1) is 0 Å². The molecule has 1 aromatic heterocycles. The normalized spacial score (nSPS) is 11.7. The number of carbonyl (C=O) groups excluding carboxylic acids is 1. The average Bonchev–Trinajstić information content (AvgIpc) is 2.25. The second kappa shape index (κ2) is 5.25. The summed E-state index contributed by atoms with van der Waals surface area (Å²) in [5.41, 5.74) is 2.73. The summed E-state index contributed by atoms with van der Waals surface area (Å²) in [7, 11) is 0. The molecule has 100 valence electrons. The monoisotopic (exact) mass is 270 g/mol. The van der Waals surface area contributed by atoms with Crippen LogP contribution < -0.4 is 10.5 Å². The molecule has 1 rings (SSSR count). The van der Waals surface area contributed by atoms with E-state index in [1.165, 1.54) is 0 Å². The molecule has 0 aliphatic carbocycles. The van der Waals surface area contributed by atoms with E-state index in [4.69, 9.17) is 5.73 Å². The van der Waals surface area contributed by atoms with Crippen molar-refractivity contribution in [2.24, 2.45) is 5.73 Å². The molecular weight excluding hydrogens is 263 g/mol. The van der Waals surface area contributed by atoms with Crippen molar-refractivity contribution in [1.82, 2.24) is 4.98 Å². The number of aldehydes is 1. The molecule has 0 aromatic carbocycles. The summed E-state index contributed by atoms with van der Waals surface area (Å²) in [5.74, 6) is -1.22. The van der Waals surface area contributed by atoms with E-state index >= 15 is 0 Å². The van der Waals surface area contributed by atoms with Gasteiger partial charge in [0.25, 0.3) is 6.43 Å². The van der Waals surface area contributed by atoms with Gasteiger partial charge in [0.15, 0.2) is 12.0 Å². The van der Waals surface area contributed by atoms with Crippen molar-refractivity contribution in [2.45, 2.75) is 19.3 Å². The first-order valence-electron chi connectivity index (χ1n) is 4.51. The minimum absolute atomic E-state index is 0.0297. The Balaban J connectivity index is 3.45. The highest BCUT2D eigenvalue weighted by Gasteiger charge is 2.35. The fourth-order valence-electron chi connectivity index (χ4n) is 1.26. The van der Waals surface area contributed by atoms with Crippen molar-refractivity contribution < 1.29 is 31.5 Å². The van der Waals surface area contributed by atoms with E-state index in [0.717, 1.165) is 6.20 Å². The van der Waals surface area contributed by atoms with E-state index in [1.54, 1.807) is 0 Å². The Kier molecular flexibility index (Phi) is 4.17. The summed E-state index contributed by atoms with van der Waals surface area (Å²) in [5, 5.41) is 0. The van der Waals surface area contributed by atoms with Gasteiger partial charge in [-0.15, -0.1) is 13.2 Å². The summed E-state index contributed by atoms with van der Waals surface area (Å²) in [6, 6.07) is 0. The molecule has 4 nitrogen and oxygen atoms in total. The second-order valence-corrected chi connectivity index (χ2v) is 3.07. The zero-order chi connectivity index (χ0) is 13.9. The number of pyridine rings is 1. The number of aromatic nitrogens is 1. The molecule has 1 heterocycles. The van der Waals surface area contributed by atoms with Gasteiger partial charge >= 0.3 is 6.36 Å². The molecule has 9 heteroatoms. The topological polar surface area (TPSA) is 65.2 Å². The molecule has 1 aromatic rings. The number of alkyl halides is 5. The standard InChI is InChI=1S/C9H7F5N2O2/c10-8(11)6-4(3-17)2-16-5(1-15)7(6)18-9(12,13)14/h2-3,8H,1,15H2. The molecule has 18 heavy (non-hydrogen) atoms. The fraction of sp³-hybridized carbons (Fsp3) is 0.333. The molecule has 0 aliphatic heterocycles. The van der Waals surface area contributed by atoms with E-state index in [9.17, 15) is 26.7 Å². The molecule has 2 N–H and O–H groups in total. The third kappa shape index (κ3) is 3.13. The Labute approximate surface area is 97.6 Å². The van der Waals surface area contributed by atoms with Crippen LogP contribution >= 0.6 is 0 Å². The highest BCUT2D eigenvalue weighted by molar-refractivity contribution is 5.78. The number of hydrogen-bond donors (Lipinski definition) is 1. The van der Waals surface area contributed by atoms with Crippen molar-refractivity contribution in [3.63, 3.8) is 0 Å². The Morgan fingerprint density at radius 2 is 2.06 bits per heavy atom. The summed E-state index contributed by atoms with van der Waals surface area (Å²) >= 11 is 0. The van der Waals surface area contributed by atoms with Gasteiger partial charge < -0.3 is 10.5 Å². The number of rotatable bonds is 4. The summed E-state index contributed by atoms with van der Waals surface area (Å²) < 4.78 is 65.2. The van der Waals surface area contributed by atoms with Gasteiger partial charge in [-0.2, -0.15) is 0 Å². The third-order valence-electron chi connectivity index (χ3n) is 1.93. The zero-order valence-corrected chi connectivity index (χ0v) is 8.67. The molecule has 0 fully saturated rings. The summed E-state index contributed by atoms with van der Waals surface area (Å²) in [6.07, 6.45) is -7.81. The number of nitrogens with zero attached hydrogens (tertiary/aromatic N) is 1. The van der Waals surface area contributed by atoms with Crippen LogP contribution in [-0.2, 0) is 6.54 Å². The molecule has 0 bridgehead atoms. The maximum atomic E-state index is 12.7. The number of carbonyl (C=O) groups is 1. The van der Waals surface area contributed by atoms with Crippen molar-refractivity contribution in [1.29, 1.82) is 0 Å². The lowest BCUT2D eigenvalue weighted by molar-refractivity contribution is -0.275. The van der Waals surface area contributed by atoms with Crippen LogP contribution in [0.25, 0.3) is 0 Å². The Morgan fingerprint density at radius 1 is 1.44 bits per heavy atom. The van der Waals surface area contributed by atoms with Crippen molar-refractivity contribution >= 4 is 6.29 Å². The molecule has 0 spiro atoms. The number of nitrogens with two attached hydrogens (primary N) is 1. The molecule has 0 unspecified atom stereocenters. The lowest BCUT2D eigenvalue weighted by atomic mass is 10.1. The lowest BCUT2D eigenvalue weighted by Crippen LogP contribution is -2.21. The minimum atomic E-state index is -5.18. The quantitative estimate of drug-likeness (QED) is 0.672. The van der Waals surface area contributed by atoms with Gasteiger partial charge in [0.1, 0.15) is 0 Å². The Hall–Kier alpha value is -1.77. The number of halogens is 5. The number of hydrogen-bond acceptors (Lipinski definition) is 4.